The molecule has 2 saturated heterocycles. The van der Waals surface area contributed by atoms with Crippen LogP contribution >= 0.6 is 12.2 Å². The van der Waals surface area contributed by atoms with Crippen LogP contribution in [0.25, 0.3) is 0 Å². The molecule has 1 aromatic carbocycles. The van der Waals surface area contributed by atoms with E-state index >= 15 is 0 Å². The summed E-state index contributed by atoms with van der Waals surface area (Å²) in [5.74, 6) is 3.63. The van der Waals surface area contributed by atoms with Gasteiger partial charge in [-0.3, -0.25) is 0 Å². The average Bonchev–Trinajstić information content (AvgIpc) is 3.12. The fraction of sp³-hybridized carbons (Fsp3) is 0.593. The van der Waals surface area contributed by atoms with Crippen molar-refractivity contribution in [2.24, 2.45) is 11.8 Å². The minimum absolute atomic E-state index is 0.201. The van der Waals surface area contributed by atoms with Gasteiger partial charge in [0.25, 0.3) is 0 Å². The Balaban J connectivity index is 1.41. The molecule has 0 aliphatic carbocycles. The molecule has 0 bridgehead atoms. The minimum Gasteiger partial charge on any atom is -0.362 e. The van der Waals surface area contributed by atoms with Crippen molar-refractivity contribution in [2.45, 2.75) is 58.8 Å². The molecule has 2 aliphatic heterocycles. The number of thiocarbonyl (C=S) groups is 1. The second-order valence-electron chi connectivity index (χ2n) is 10.3. The van der Waals surface area contributed by atoms with Crippen LogP contribution in [0.4, 0.5) is 22.0 Å². The quantitative estimate of drug-likeness (QED) is 0.392. The summed E-state index contributed by atoms with van der Waals surface area (Å²) in [5, 5.41) is 7.05. The SMILES string of the molecule is C[C@@H]1C[C@H](C)CN(c2cc(N3CCCCCC3)nc(NC(=S)NCCCc3ccc(F)cc3)n2)C1. The molecule has 8 heteroatoms. The molecular weight excluding hydrogens is 459 g/mol. The molecule has 0 radical (unpaired) electrons. The Labute approximate surface area is 214 Å². The number of piperidine rings is 1. The van der Waals surface area contributed by atoms with E-state index in [-0.39, 0.29) is 5.82 Å². The van der Waals surface area contributed by atoms with Gasteiger partial charge in [0.15, 0.2) is 5.11 Å². The van der Waals surface area contributed by atoms with Gasteiger partial charge in [-0.1, -0.05) is 38.8 Å². The molecule has 2 aliphatic rings. The Kier molecular flexibility index (Phi) is 9.12. The molecule has 0 amide bonds. The normalized spacial score (nSPS) is 20.9. The van der Waals surface area contributed by atoms with E-state index in [2.05, 4.69) is 40.3 Å². The Morgan fingerprint density at radius 3 is 2.26 bits per heavy atom. The maximum Gasteiger partial charge on any atom is 0.232 e. The highest BCUT2D eigenvalue weighted by Crippen LogP contribution is 2.29. The van der Waals surface area contributed by atoms with Crippen LogP contribution in [0.3, 0.4) is 0 Å². The zero-order valence-corrected chi connectivity index (χ0v) is 21.9. The topological polar surface area (TPSA) is 56.3 Å². The minimum atomic E-state index is -0.201. The predicted octanol–water partition coefficient (Wildman–Crippen LogP) is 5.40. The molecule has 2 N–H and O–H groups in total. The number of aryl methyl sites for hydroxylation is 1. The van der Waals surface area contributed by atoms with Crippen LogP contribution in [0, 0.1) is 17.7 Å². The Morgan fingerprint density at radius 2 is 1.60 bits per heavy atom. The maximum absolute atomic E-state index is 13.1. The molecule has 0 unspecified atom stereocenters. The smallest absolute Gasteiger partial charge is 0.232 e. The molecular formula is C27H39FN6S. The molecule has 2 atom stereocenters. The second-order valence-corrected chi connectivity index (χ2v) is 10.7. The summed E-state index contributed by atoms with van der Waals surface area (Å²) in [6.07, 6.45) is 8.00. The zero-order chi connectivity index (χ0) is 24.6. The van der Waals surface area contributed by atoms with Gasteiger partial charge < -0.3 is 20.4 Å². The van der Waals surface area contributed by atoms with E-state index in [9.17, 15) is 4.39 Å². The largest absolute Gasteiger partial charge is 0.362 e. The molecule has 6 nitrogen and oxygen atoms in total. The molecule has 0 spiro atoms. The first kappa shape index (κ1) is 25.6. The number of anilines is 3. The Hall–Kier alpha value is -2.48. The molecule has 0 saturated carbocycles. The van der Waals surface area contributed by atoms with Gasteiger partial charge in [0.05, 0.1) is 0 Å². The lowest BCUT2D eigenvalue weighted by Crippen LogP contribution is -2.39. The number of rotatable bonds is 7. The molecule has 1 aromatic heterocycles. The third-order valence-electron chi connectivity index (χ3n) is 6.89. The number of halogens is 1. The van der Waals surface area contributed by atoms with Crippen LogP contribution in [0.1, 0.15) is 57.9 Å². The van der Waals surface area contributed by atoms with Crippen molar-refractivity contribution < 1.29 is 4.39 Å². The van der Waals surface area contributed by atoms with Crippen molar-refractivity contribution in [3.63, 3.8) is 0 Å². The van der Waals surface area contributed by atoms with Crippen LogP contribution < -0.4 is 20.4 Å². The number of nitrogens with zero attached hydrogens (tertiary/aromatic N) is 4. The number of nitrogens with one attached hydrogen (secondary N) is 2. The zero-order valence-electron chi connectivity index (χ0n) is 21.1. The van der Waals surface area contributed by atoms with E-state index in [1.165, 1.54) is 44.2 Å². The Morgan fingerprint density at radius 1 is 0.971 bits per heavy atom. The lowest BCUT2D eigenvalue weighted by molar-refractivity contribution is 0.355. The molecule has 35 heavy (non-hydrogen) atoms. The van der Waals surface area contributed by atoms with E-state index in [1.54, 1.807) is 0 Å². The summed E-state index contributed by atoms with van der Waals surface area (Å²) in [6.45, 7) is 9.48. The van der Waals surface area contributed by atoms with Gasteiger partial charge in [0.1, 0.15) is 17.5 Å². The first-order valence-electron chi connectivity index (χ1n) is 13.1. The number of aromatic nitrogens is 2. The van der Waals surface area contributed by atoms with Gasteiger partial charge in [-0.2, -0.15) is 9.97 Å². The summed E-state index contributed by atoms with van der Waals surface area (Å²) in [7, 11) is 0. The van der Waals surface area contributed by atoms with E-state index in [1.807, 2.05) is 12.1 Å². The van der Waals surface area contributed by atoms with Crippen molar-refractivity contribution in [2.75, 3.05) is 47.8 Å². The van der Waals surface area contributed by atoms with Crippen molar-refractivity contribution in [3.05, 3.63) is 41.7 Å². The molecule has 3 heterocycles. The fourth-order valence-electron chi connectivity index (χ4n) is 5.24. The van der Waals surface area contributed by atoms with E-state index < -0.39 is 0 Å². The highest BCUT2D eigenvalue weighted by Gasteiger charge is 2.24. The Bertz CT molecular complexity index is 951. The summed E-state index contributed by atoms with van der Waals surface area (Å²) >= 11 is 5.56. The van der Waals surface area contributed by atoms with Crippen molar-refractivity contribution >= 4 is 34.9 Å². The highest BCUT2D eigenvalue weighted by molar-refractivity contribution is 7.80. The van der Waals surface area contributed by atoms with E-state index in [0.717, 1.165) is 62.8 Å². The first-order chi connectivity index (χ1) is 17.0. The van der Waals surface area contributed by atoms with Gasteiger partial charge in [-0.25, -0.2) is 4.39 Å². The van der Waals surface area contributed by atoms with Crippen LogP contribution in [0.2, 0.25) is 0 Å². The molecule has 4 rings (SSSR count). The predicted molar refractivity (Wildman–Crippen MR) is 147 cm³/mol. The van der Waals surface area contributed by atoms with Crippen LogP contribution in [0.15, 0.2) is 30.3 Å². The van der Waals surface area contributed by atoms with Gasteiger partial charge in [0, 0.05) is 38.8 Å². The number of hydrogen-bond acceptors (Lipinski definition) is 5. The third kappa shape index (κ3) is 7.75. The van der Waals surface area contributed by atoms with Gasteiger partial charge in [-0.15, -0.1) is 0 Å². The summed E-state index contributed by atoms with van der Waals surface area (Å²) in [5.41, 5.74) is 1.12. The standard InChI is InChI=1S/C27H39FN6S/c1-20-16-21(2)19-34(18-20)25-17-24(33-14-5-3-4-6-15-33)30-26(31-25)32-27(35)29-13-7-8-22-9-11-23(28)12-10-22/h9-12,17,20-21H,3-8,13-16,18-19H2,1-2H3,(H2,29,30,31,32,35)/t20-,21+. The molecule has 2 fully saturated rings. The monoisotopic (exact) mass is 498 g/mol. The number of benzene rings is 1. The molecule has 2 aromatic rings. The van der Waals surface area contributed by atoms with E-state index in [4.69, 9.17) is 22.2 Å². The highest BCUT2D eigenvalue weighted by atomic mass is 32.1. The lowest BCUT2D eigenvalue weighted by Gasteiger charge is -2.36. The summed E-state index contributed by atoms with van der Waals surface area (Å²) in [4.78, 5) is 14.6. The summed E-state index contributed by atoms with van der Waals surface area (Å²) in [6, 6.07) is 8.84. The fourth-order valence-corrected chi connectivity index (χ4v) is 5.44. The summed E-state index contributed by atoms with van der Waals surface area (Å²) < 4.78 is 13.1. The van der Waals surface area contributed by atoms with Gasteiger partial charge in [0.2, 0.25) is 5.95 Å². The lowest BCUT2D eigenvalue weighted by atomic mass is 9.92. The van der Waals surface area contributed by atoms with E-state index in [0.29, 0.717) is 22.9 Å². The van der Waals surface area contributed by atoms with Crippen molar-refractivity contribution in [3.8, 4) is 0 Å². The van der Waals surface area contributed by atoms with Crippen LogP contribution in [-0.2, 0) is 6.42 Å². The number of hydrogen-bond donors (Lipinski definition) is 2. The van der Waals surface area contributed by atoms with Crippen LogP contribution in [-0.4, -0.2) is 47.8 Å². The third-order valence-corrected chi connectivity index (χ3v) is 7.13. The van der Waals surface area contributed by atoms with Crippen LogP contribution in [0.5, 0.6) is 0 Å². The van der Waals surface area contributed by atoms with Crippen molar-refractivity contribution in [1.29, 1.82) is 0 Å². The van der Waals surface area contributed by atoms with Gasteiger partial charge in [-0.05, 0) is 73.9 Å². The maximum atomic E-state index is 13.1. The van der Waals surface area contributed by atoms with Crippen molar-refractivity contribution in [1.82, 2.24) is 15.3 Å². The second kappa shape index (κ2) is 12.5. The average molecular weight is 499 g/mol. The first-order valence-corrected chi connectivity index (χ1v) is 13.6. The molecule has 190 valence electrons. The van der Waals surface area contributed by atoms with Gasteiger partial charge >= 0.3 is 0 Å².